The van der Waals surface area contributed by atoms with Crippen molar-refractivity contribution in [3.63, 3.8) is 0 Å². The molecule has 0 heterocycles. The minimum Gasteiger partial charge on any atom is -0.382 e. The van der Waals surface area contributed by atoms with Crippen LogP contribution in [0.3, 0.4) is 0 Å². The Morgan fingerprint density at radius 1 is 1.35 bits per heavy atom. The third-order valence-electron chi connectivity index (χ3n) is 2.57. The van der Waals surface area contributed by atoms with Crippen molar-refractivity contribution in [1.29, 1.82) is 0 Å². The van der Waals surface area contributed by atoms with Crippen molar-refractivity contribution in [2.75, 3.05) is 18.4 Å². The lowest BCUT2D eigenvalue weighted by molar-refractivity contribution is -0.384. The summed E-state index contributed by atoms with van der Waals surface area (Å²) in [7, 11) is 0. The smallest absolute Gasteiger partial charge is 0.270 e. The zero-order valence-electron chi connectivity index (χ0n) is 11.7. The van der Waals surface area contributed by atoms with Gasteiger partial charge in [-0.3, -0.25) is 14.9 Å². The molecule has 1 rings (SSSR count). The molecule has 7 heteroatoms. The van der Waals surface area contributed by atoms with Gasteiger partial charge in [0.15, 0.2) is 0 Å². The molecule has 2 N–H and O–H groups in total. The largest absolute Gasteiger partial charge is 0.382 e. The van der Waals surface area contributed by atoms with Crippen molar-refractivity contribution in [3.05, 3.63) is 32.8 Å². The number of hydrogen-bond donors (Lipinski definition) is 2. The van der Waals surface area contributed by atoms with Crippen molar-refractivity contribution in [3.8, 4) is 0 Å². The Morgan fingerprint density at radius 2 is 2.00 bits per heavy atom. The first-order chi connectivity index (χ1) is 9.21. The fourth-order valence-corrected chi connectivity index (χ4v) is 1.91. The third-order valence-corrected chi connectivity index (χ3v) is 3.23. The molecule has 20 heavy (non-hydrogen) atoms. The molecule has 0 unspecified atom stereocenters. The number of anilines is 1. The summed E-state index contributed by atoms with van der Waals surface area (Å²) in [6.07, 6.45) is 0. The van der Waals surface area contributed by atoms with Crippen LogP contribution in [0, 0.1) is 15.5 Å². The van der Waals surface area contributed by atoms with E-state index in [0.717, 1.165) is 5.69 Å². The highest BCUT2D eigenvalue weighted by atomic mass is 79.9. The average molecular weight is 344 g/mol. The summed E-state index contributed by atoms with van der Waals surface area (Å²) in [6.45, 7) is 6.58. The van der Waals surface area contributed by atoms with E-state index >= 15 is 0 Å². The van der Waals surface area contributed by atoms with Crippen LogP contribution in [0.2, 0.25) is 0 Å². The zero-order chi connectivity index (χ0) is 15.3. The van der Waals surface area contributed by atoms with E-state index in [4.69, 9.17) is 0 Å². The monoisotopic (exact) mass is 343 g/mol. The van der Waals surface area contributed by atoms with Crippen LogP contribution in [0.15, 0.2) is 22.7 Å². The quantitative estimate of drug-likeness (QED) is 0.489. The van der Waals surface area contributed by atoms with Crippen molar-refractivity contribution in [1.82, 2.24) is 5.32 Å². The van der Waals surface area contributed by atoms with Crippen LogP contribution < -0.4 is 10.6 Å². The number of carbonyl (C=O) groups excluding carboxylic acids is 1. The van der Waals surface area contributed by atoms with Crippen molar-refractivity contribution in [2.24, 2.45) is 5.41 Å². The molecule has 0 aliphatic heterocycles. The predicted molar refractivity (Wildman–Crippen MR) is 81.8 cm³/mol. The molecule has 0 aliphatic carbocycles. The molecule has 0 aliphatic rings. The zero-order valence-corrected chi connectivity index (χ0v) is 13.3. The van der Waals surface area contributed by atoms with Gasteiger partial charge in [-0.1, -0.05) is 20.8 Å². The van der Waals surface area contributed by atoms with Gasteiger partial charge in [0.1, 0.15) is 0 Å². The maximum atomic E-state index is 11.6. The number of nitro groups is 1. The van der Waals surface area contributed by atoms with Gasteiger partial charge in [-0.05, 0) is 22.0 Å². The lowest BCUT2D eigenvalue weighted by atomic mass is 9.96. The number of nitro benzene ring substituents is 1. The number of nitrogens with zero attached hydrogens (tertiary/aromatic N) is 1. The standard InChI is InChI=1S/C13H18BrN3O3/c1-13(2,3)12(18)16-7-6-15-11-5-4-9(17(19)20)8-10(11)14/h4-5,8,15H,6-7H2,1-3H3,(H,16,18). The van der Waals surface area contributed by atoms with E-state index in [9.17, 15) is 14.9 Å². The summed E-state index contributed by atoms with van der Waals surface area (Å²) in [6, 6.07) is 4.50. The highest BCUT2D eigenvalue weighted by molar-refractivity contribution is 9.10. The van der Waals surface area contributed by atoms with Crippen LogP contribution in [0.4, 0.5) is 11.4 Å². The molecule has 0 saturated carbocycles. The summed E-state index contributed by atoms with van der Waals surface area (Å²) >= 11 is 3.27. The Morgan fingerprint density at radius 3 is 2.50 bits per heavy atom. The maximum absolute atomic E-state index is 11.6. The molecule has 110 valence electrons. The minimum atomic E-state index is -0.446. The summed E-state index contributed by atoms with van der Waals surface area (Å²) in [5.74, 6) is -0.0120. The molecule has 0 bridgehead atoms. The molecule has 6 nitrogen and oxygen atoms in total. The fourth-order valence-electron chi connectivity index (χ4n) is 1.40. The second kappa shape index (κ2) is 6.69. The number of hydrogen-bond acceptors (Lipinski definition) is 4. The topological polar surface area (TPSA) is 84.3 Å². The molecule has 0 spiro atoms. The summed E-state index contributed by atoms with van der Waals surface area (Å²) in [4.78, 5) is 21.8. The van der Waals surface area contributed by atoms with Gasteiger partial charge < -0.3 is 10.6 Å². The predicted octanol–water partition coefficient (Wildman–Crippen LogP) is 2.93. The molecule has 1 aromatic carbocycles. The fraction of sp³-hybridized carbons (Fsp3) is 0.462. The van der Waals surface area contributed by atoms with Crippen LogP contribution in [0.5, 0.6) is 0 Å². The molecular weight excluding hydrogens is 326 g/mol. The van der Waals surface area contributed by atoms with Gasteiger partial charge in [0.05, 0.1) is 4.92 Å². The first-order valence-electron chi connectivity index (χ1n) is 6.18. The molecule has 1 amide bonds. The number of nitrogens with one attached hydrogen (secondary N) is 2. The van der Waals surface area contributed by atoms with E-state index in [1.54, 1.807) is 6.07 Å². The van der Waals surface area contributed by atoms with Gasteiger partial charge in [-0.2, -0.15) is 0 Å². The van der Waals surface area contributed by atoms with Gasteiger partial charge in [-0.15, -0.1) is 0 Å². The third kappa shape index (κ3) is 4.80. The van der Waals surface area contributed by atoms with E-state index in [-0.39, 0.29) is 11.6 Å². The second-order valence-electron chi connectivity index (χ2n) is 5.35. The number of carbonyl (C=O) groups is 1. The number of halogens is 1. The van der Waals surface area contributed by atoms with Crippen LogP contribution >= 0.6 is 15.9 Å². The summed E-state index contributed by atoms with van der Waals surface area (Å²) < 4.78 is 0.619. The average Bonchev–Trinajstić information content (AvgIpc) is 2.34. The van der Waals surface area contributed by atoms with Gasteiger partial charge in [0, 0.05) is 40.8 Å². The summed E-state index contributed by atoms with van der Waals surface area (Å²) in [5, 5.41) is 16.5. The van der Waals surface area contributed by atoms with Crippen LogP contribution in [-0.2, 0) is 4.79 Å². The molecule has 0 aromatic heterocycles. The van der Waals surface area contributed by atoms with Crippen molar-refractivity contribution < 1.29 is 9.72 Å². The molecule has 0 saturated heterocycles. The van der Waals surface area contributed by atoms with Gasteiger partial charge >= 0.3 is 0 Å². The molecule has 0 atom stereocenters. The Labute approximate surface area is 126 Å². The maximum Gasteiger partial charge on any atom is 0.270 e. The summed E-state index contributed by atoms with van der Waals surface area (Å²) in [5.41, 5.74) is 0.373. The second-order valence-corrected chi connectivity index (χ2v) is 6.21. The Bertz CT molecular complexity index is 512. The van der Waals surface area contributed by atoms with Crippen molar-refractivity contribution >= 4 is 33.2 Å². The van der Waals surface area contributed by atoms with E-state index < -0.39 is 10.3 Å². The Hall–Kier alpha value is -1.63. The Balaban J connectivity index is 2.47. The molecule has 1 aromatic rings. The van der Waals surface area contributed by atoms with E-state index in [2.05, 4.69) is 26.6 Å². The van der Waals surface area contributed by atoms with E-state index in [1.165, 1.54) is 12.1 Å². The first-order valence-corrected chi connectivity index (χ1v) is 6.97. The molecule has 0 fully saturated rings. The van der Waals surface area contributed by atoms with Crippen LogP contribution in [0.25, 0.3) is 0 Å². The molecular formula is C13H18BrN3O3. The number of rotatable bonds is 5. The highest BCUT2D eigenvalue weighted by Crippen LogP contribution is 2.26. The van der Waals surface area contributed by atoms with Crippen LogP contribution in [0.1, 0.15) is 20.8 Å². The molecule has 0 radical (unpaired) electrons. The lowest BCUT2D eigenvalue weighted by Gasteiger charge is -2.18. The number of benzene rings is 1. The minimum absolute atomic E-state index is 0.0120. The Kier molecular flexibility index (Phi) is 5.50. The highest BCUT2D eigenvalue weighted by Gasteiger charge is 2.20. The van der Waals surface area contributed by atoms with Crippen molar-refractivity contribution in [2.45, 2.75) is 20.8 Å². The van der Waals surface area contributed by atoms with Gasteiger partial charge in [0.2, 0.25) is 5.91 Å². The van der Waals surface area contributed by atoms with Gasteiger partial charge in [-0.25, -0.2) is 0 Å². The first kappa shape index (κ1) is 16.4. The number of non-ortho nitro benzene ring substituents is 1. The van der Waals surface area contributed by atoms with E-state index in [0.29, 0.717) is 17.6 Å². The van der Waals surface area contributed by atoms with E-state index in [1.807, 2.05) is 20.8 Å². The SMILES string of the molecule is CC(C)(C)C(=O)NCCNc1ccc([N+](=O)[O-])cc1Br. The normalized spacial score (nSPS) is 11.0. The van der Waals surface area contributed by atoms with Crippen LogP contribution in [-0.4, -0.2) is 23.9 Å². The van der Waals surface area contributed by atoms with Gasteiger partial charge in [0.25, 0.3) is 5.69 Å². The number of amides is 1. The lowest BCUT2D eigenvalue weighted by Crippen LogP contribution is -2.37.